The molecule has 0 bridgehead atoms. The van der Waals surface area contributed by atoms with Gasteiger partial charge in [0.15, 0.2) is 5.82 Å². The first-order valence-electron chi connectivity index (χ1n) is 8.35. The number of halogens is 3. The van der Waals surface area contributed by atoms with Crippen molar-refractivity contribution in [2.75, 3.05) is 24.6 Å². The lowest BCUT2D eigenvalue weighted by atomic mass is 10.0. The normalized spacial score (nSPS) is 18.2. The van der Waals surface area contributed by atoms with E-state index in [4.69, 9.17) is 9.47 Å². The van der Waals surface area contributed by atoms with Crippen molar-refractivity contribution < 1.29 is 22.6 Å². The molecule has 1 aromatic heterocycles. The molecule has 0 spiro atoms. The lowest BCUT2D eigenvalue weighted by Gasteiger charge is -2.34. The van der Waals surface area contributed by atoms with Crippen LogP contribution in [0.4, 0.5) is 19.0 Å². The summed E-state index contributed by atoms with van der Waals surface area (Å²) in [7, 11) is 0. The highest BCUT2D eigenvalue weighted by Crippen LogP contribution is 2.32. The first-order chi connectivity index (χ1) is 12.3. The second kappa shape index (κ2) is 7.49. The standard InChI is InChI=1S/C18H20F3N3O2/c1-12(2)26-17-10-22-9-16(23-17)24-6-7-25-15(11-24)13-4-3-5-14(8-13)18(19,20)21/h3-5,8-10,12,15H,6-7,11H2,1-2H3. The summed E-state index contributed by atoms with van der Waals surface area (Å²) in [6.07, 6.45) is -1.72. The van der Waals surface area contributed by atoms with Gasteiger partial charge in [0.25, 0.3) is 0 Å². The zero-order chi connectivity index (χ0) is 18.7. The van der Waals surface area contributed by atoms with E-state index in [0.717, 1.165) is 12.1 Å². The van der Waals surface area contributed by atoms with Crippen LogP contribution in [0.3, 0.4) is 0 Å². The molecule has 1 atom stereocenters. The molecule has 1 aliphatic heterocycles. The number of morpholine rings is 1. The minimum Gasteiger partial charge on any atom is -0.474 e. The van der Waals surface area contributed by atoms with Gasteiger partial charge in [-0.15, -0.1) is 0 Å². The van der Waals surface area contributed by atoms with Crippen LogP contribution < -0.4 is 9.64 Å². The van der Waals surface area contributed by atoms with Gasteiger partial charge in [0.2, 0.25) is 5.88 Å². The summed E-state index contributed by atoms with van der Waals surface area (Å²) in [5.74, 6) is 1.03. The maximum atomic E-state index is 12.9. The van der Waals surface area contributed by atoms with Crippen LogP contribution in [-0.2, 0) is 10.9 Å². The van der Waals surface area contributed by atoms with Crippen LogP contribution in [-0.4, -0.2) is 35.8 Å². The largest absolute Gasteiger partial charge is 0.474 e. The lowest BCUT2D eigenvalue weighted by Crippen LogP contribution is -2.39. The SMILES string of the molecule is CC(C)Oc1cncc(N2CCOC(c3cccc(C(F)(F)F)c3)C2)n1. The molecule has 1 fully saturated rings. The highest BCUT2D eigenvalue weighted by Gasteiger charge is 2.32. The van der Waals surface area contributed by atoms with Crippen LogP contribution in [0.2, 0.25) is 0 Å². The molecule has 0 aliphatic carbocycles. The molecule has 26 heavy (non-hydrogen) atoms. The predicted octanol–water partition coefficient (Wildman–Crippen LogP) is 3.86. The van der Waals surface area contributed by atoms with Crippen LogP contribution in [0.1, 0.15) is 31.1 Å². The van der Waals surface area contributed by atoms with Crippen LogP contribution in [0, 0.1) is 0 Å². The fourth-order valence-electron chi connectivity index (χ4n) is 2.76. The van der Waals surface area contributed by atoms with Gasteiger partial charge < -0.3 is 14.4 Å². The maximum absolute atomic E-state index is 12.9. The van der Waals surface area contributed by atoms with Gasteiger partial charge in [-0.1, -0.05) is 12.1 Å². The van der Waals surface area contributed by atoms with E-state index in [-0.39, 0.29) is 6.10 Å². The van der Waals surface area contributed by atoms with E-state index in [0.29, 0.717) is 37.0 Å². The van der Waals surface area contributed by atoms with Crippen molar-refractivity contribution in [3.63, 3.8) is 0 Å². The molecular formula is C18H20F3N3O2. The fourth-order valence-corrected chi connectivity index (χ4v) is 2.76. The molecule has 1 unspecified atom stereocenters. The summed E-state index contributed by atoms with van der Waals surface area (Å²) < 4.78 is 50.1. The number of rotatable bonds is 4. The van der Waals surface area contributed by atoms with Gasteiger partial charge in [-0.3, -0.25) is 4.98 Å². The molecule has 140 valence electrons. The number of aromatic nitrogens is 2. The van der Waals surface area contributed by atoms with Gasteiger partial charge >= 0.3 is 6.18 Å². The number of hydrogen-bond acceptors (Lipinski definition) is 5. The molecular weight excluding hydrogens is 347 g/mol. The minimum atomic E-state index is -4.38. The Bertz CT molecular complexity index is 752. The van der Waals surface area contributed by atoms with E-state index in [1.54, 1.807) is 12.3 Å². The summed E-state index contributed by atoms with van der Waals surface area (Å²) in [5.41, 5.74) is -0.185. The number of ether oxygens (including phenoxy) is 2. The Morgan fingerprint density at radius 3 is 2.81 bits per heavy atom. The summed E-state index contributed by atoms with van der Waals surface area (Å²) >= 11 is 0. The maximum Gasteiger partial charge on any atom is 0.416 e. The van der Waals surface area contributed by atoms with E-state index in [2.05, 4.69) is 9.97 Å². The molecule has 0 radical (unpaired) electrons. The van der Waals surface area contributed by atoms with E-state index in [1.165, 1.54) is 12.3 Å². The number of hydrogen-bond donors (Lipinski definition) is 0. The van der Waals surface area contributed by atoms with E-state index < -0.39 is 17.8 Å². The van der Waals surface area contributed by atoms with E-state index >= 15 is 0 Å². The van der Waals surface area contributed by atoms with Crippen molar-refractivity contribution in [1.29, 1.82) is 0 Å². The smallest absolute Gasteiger partial charge is 0.416 e. The zero-order valence-electron chi connectivity index (χ0n) is 14.5. The van der Waals surface area contributed by atoms with E-state index in [9.17, 15) is 13.2 Å². The van der Waals surface area contributed by atoms with Gasteiger partial charge in [0.1, 0.15) is 6.10 Å². The lowest BCUT2D eigenvalue weighted by molar-refractivity contribution is -0.137. The van der Waals surface area contributed by atoms with Crippen LogP contribution >= 0.6 is 0 Å². The predicted molar refractivity (Wildman–Crippen MR) is 90.1 cm³/mol. The first-order valence-corrected chi connectivity index (χ1v) is 8.35. The molecule has 0 N–H and O–H groups in total. The quantitative estimate of drug-likeness (QED) is 0.821. The van der Waals surface area contributed by atoms with Gasteiger partial charge in [-0.05, 0) is 31.5 Å². The monoisotopic (exact) mass is 367 g/mol. The molecule has 1 aliphatic rings. The Morgan fingerprint density at radius 1 is 1.27 bits per heavy atom. The highest BCUT2D eigenvalue weighted by molar-refractivity contribution is 5.39. The molecule has 8 heteroatoms. The molecule has 1 saturated heterocycles. The van der Waals surface area contributed by atoms with Crippen LogP contribution in [0.15, 0.2) is 36.7 Å². The Labute approximate surface area is 149 Å². The number of anilines is 1. The first kappa shape index (κ1) is 18.4. The molecule has 2 aromatic rings. The van der Waals surface area contributed by atoms with Crippen molar-refractivity contribution in [1.82, 2.24) is 9.97 Å². The third-order valence-corrected chi connectivity index (χ3v) is 3.93. The zero-order valence-corrected chi connectivity index (χ0v) is 14.5. The van der Waals surface area contributed by atoms with Gasteiger partial charge in [-0.25, -0.2) is 0 Å². The molecule has 0 amide bonds. The van der Waals surface area contributed by atoms with Gasteiger partial charge in [-0.2, -0.15) is 18.2 Å². The van der Waals surface area contributed by atoms with Crippen molar-refractivity contribution >= 4 is 5.82 Å². The average molecular weight is 367 g/mol. The molecule has 0 saturated carbocycles. The number of alkyl halides is 3. The molecule has 3 rings (SSSR count). The Balaban J connectivity index is 1.78. The van der Waals surface area contributed by atoms with Crippen molar-refractivity contribution in [3.05, 3.63) is 47.8 Å². The Kier molecular flexibility index (Phi) is 5.31. The minimum absolute atomic E-state index is 0.0258. The third kappa shape index (κ3) is 4.43. The molecule has 2 heterocycles. The summed E-state index contributed by atoms with van der Waals surface area (Å²) in [4.78, 5) is 10.5. The fraction of sp³-hybridized carbons (Fsp3) is 0.444. The second-order valence-electron chi connectivity index (χ2n) is 6.31. The van der Waals surface area contributed by atoms with Crippen molar-refractivity contribution in [3.8, 4) is 5.88 Å². The van der Waals surface area contributed by atoms with Gasteiger partial charge in [0.05, 0.1) is 30.7 Å². The Hall–Kier alpha value is -2.35. The summed E-state index contributed by atoms with van der Waals surface area (Å²) in [6.45, 7) is 5.15. The molecule has 5 nitrogen and oxygen atoms in total. The van der Waals surface area contributed by atoms with Crippen LogP contribution in [0.5, 0.6) is 5.88 Å². The highest BCUT2D eigenvalue weighted by atomic mass is 19.4. The molecule has 1 aromatic carbocycles. The topological polar surface area (TPSA) is 47.5 Å². The number of nitrogens with zero attached hydrogens (tertiary/aromatic N) is 3. The number of benzene rings is 1. The summed E-state index contributed by atoms with van der Waals surface area (Å²) in [6, 6.07) is 5.24. The summed E-state index contributed by atoms with van der Waals surface area (Å²) in [5, 5.41) is 0. The van der Waals surface area contributed by atoms with Crippen molar-refractivity contribution in [2.24, 2.45) is 0 Å². The van der Waals surface area contributed by atoms with Gasteiger partial charge in [0, 0.05) is 13.1 Å². The van der Waals surface area contributed by atoms with E-state index in [1.807, 2.05) is 18.7 Å². The Morgan fingerprint density at radius 2 is 2.08 bits per heavy atom. The van der Waals surface area contributed by atoms with Crippen molar-refractivity contribution in [2.45, 2.75) is 32.2 Å². The average Bonchev–Trinajstić information content (AvgIpc) is 2.61. The third-order valence-electron chi connectivity index (χ3n) is 3.93. The second-order valence-corrected chi connectivity index (χ2v) is 6.31. The van der Waals surface area contributed by atoms with Crippen LogP contribution in [0.25, 0.3) is 0 Å².